The fourth-order valence-electron chi connectivity index (χ4n) is 2.39. The van der Waals surface area contributed by atoms with Crippen LogP contribution in [-0.2, 0) is 10.0 Å². The zero-order valence-electron chi connectivity index (χ0n) is 15.6. The second-order valence-electron chi connectivity index (χ2n) is 6.09. The van der Waals surface area contributed by atoms with Gasteiger partial charge in [0.25, 0.3) is 10.0 Å². The molecule has 0 unspecified atom stereocenters. The second kappa shape index (κ2) is 9.16. The minimum absolute atomic E-state index is 0.0397. The molecule has 0 amide bonds. The van der Waals surface area contributed by atoms with Crippen molar-refractivity contribution < 1.29 is 13.2 Å². The van der Waals surface area contributed by atoms with Crippen LogP contribution < -0.4 is 15.4 Å². The van der Waals surface area contributed by atoms with Gasteiger partial charge < -0.3 is 10.6 Å². The molecule has 8 nitrogen and oxygen atoms in total. The summed E-state index contributed by atoms with van der Waals surface area (Å²) in [5.74, 6) is 0.00675. The highest BCUT2D eigenvalue weighted by molar-refractivity contribution is 7.92. The van der Waals surface area contributed by atoms with Crippen LogP contribution in [0.5, 0.6) is 0 Å². The van der Waals surface area contributed by atoms with Crippen molar-refractivity contribution in [3.8, 4) is 0 Å². The highest BCUT2D eigenvalue weighted by Crippen LogP contribution is 2.18. The molecule has 0 aliphatic rings. The summed E-state index contributed by atoms with van der Waals surface area (Å²) in [4.78, 5) is 11.5. The first-order chi connectivity index (χ1) is 14.2. The van der Waals surface area contributed by atoms with Crippen LogP contribution in [0.2, 0.25) is 5.15 Å². The number of nitrogens with zero attached hydrogens (tertiary/aromatic N) is 2. The molecule has 2 aromatic carbocycles. The van der Waals surface area contributed by atoms with E-state index in [-0.39, 0.29) is 21.6 Å². The van der Waals surface area contributed by atoms with E-state index in [0.29, 0.717) is 22.1 Å². The van der Waals surface area contributed by atoms with Gasteiger partial charge in [-0.15, -0.1) is 10.2 Å². The van der Waals surface area contributed by atoms with Crippen LogP contribution in [0.3, 0.4) is 0 Å². The maximum Gasteiger partial charge on any atom is 0.263 e. The number of hydrogen-bond acceptors (Lipinski definition) is 6. The molecule has 0 saturated heterocycles. The number of halogens is 1. The van der Waals surface area contributed by atoms with Gasteiger partial charge >= 0.3 is 0 Å². The van der Waals surface area contributed by atoms with E-state index < -0.39 is 10.0 Å². The normalized spacial score (nSPS) is 10.9. The van der Waals surface area contributed by atoms with Crippen molar-refractivity contribution >= 4 is 61.9 Å². The molecule has 1 heterocycles. The number of aromatic nitrogens is 2. The van der Waals surface area contributed by atoms with Gasteiger partial charge in [-0.2, -0.15) is 0 Å². The van der Waals surface area contributed by atoms with E-state index in [0.717, 1.165) is 0 Å². The van der Waals surface area contributed by atoms with Gasteiger partial charge in [-0.25, -0.2) is 8.42 Å². The van der Waals surface area contributed by atoms with Crippen molar-refractivity contribution in [3.05, 3.63) is 71.4 Å². The molecule has 0 spiro atoms. The molecule has 0 saturated carbocycles. The summed E-state index contributed by atoms with van der Waals surface area (Å²) in [7, 11) is -3.84. The molecule has 1 aromatic heterocycles. The van der Waals surface area contributed by atoms with Gasteiger partial charge in [-0.1, -0.05) is 23.7 Å². The van der Waals surface area contributed by atoms with Crippen LogP contribution in [0.25, 0.3) is 0 Å². The molecular formula is C19H16ClN5O3S2. The molecule has 0 atom stereocenters. The van der Waals surface area contributed by atoms with Crippen molar-refractivity contribution in [1.82, 2.24) is 10.2 Å². The molecule has 0 radical (unpaired) electrons. The Bertz CT molecular complexity index is 1180. The number of carbonyl (C=O) groups excluding carboxylic acids is 1. The number of nitrogens with one attached hydrogen (secondary N) is 3. The SMILES string of the molecule is CC(=O)c1cccc(NC(=S)Nc2ccc(S(=O)(=O)Nc3ccc(Cl)nn3)cc2)c1. The van der Waals surface area contributed by atoms with Crippen LogP contribution in [0.1, 0.15) is 17.3 Å². The summed E-state index contributed by atoms with van der Waals surface area (Å²) in [6.45, 7) is 1.49. The van der Waals surface area contributed by atoms with Gasteiger partial charge in [0, 0.05) is 16.9 Å². The highest BCUT2D eigenvalue weighted by Gasteiger charge is 2.15. The monoisotopic (exact) mass is 461 g/mol. The Labute approximate surface area is 183 Å². The molecule has 30 heavy (non-hydrogen) atoms. The number of rotatable bonds is 6. The summed E-state index contributed by atoms with van der Waals surface area (Å²) in [6, 6.07) is 15.8. The lowest BCUT2D eigenvalue weighted by Crippen LogP contribution is -2.19. The van der Waals surface area contributed by atoms with E-state index in [4.69, 9.17) is 23.8 Å². The van der Waals surface area contributed by atoms with Crippen molar-refractivity contribution in [1.29, 1.82) is 0 Å². The molecule has 0 bridgehead atoms. The molecule has 0 aliphatic carbocycles. The van der Waals surface area contributed by atoms with E-state index >= 15 is 0 Å². The zero-order valence-corrected chi connectivity index (χ0v) is 18.0. The fraction of sp³-hybridized carbons (Fsp3) is 0.0526. The van der Waals surface area contributed by atoms with Gasteiger partial charge in [0.2, 0.25) is 0 Å². The summed E-state index contributed by atoms with van der Waals surface area (Å²) in [5.41, 5.74) is 1.81. The number of ketones is 1. The lowest BCUT2D eigenvalue weighted by molar-refractivity contribution is 0.101. The number of benzene rings is 2. The molecule has 154 valence electrons. The molecule has 0 aliphatic heterocycles. The number of thiocarbonyl (C=S) groups is 1. The highest BCUT2D eigenvalue weighted by atomic mass is 35.5. The quantitative estimate of drug-likeness (QED) is 0.373. The van der Waals surface area contributed by atoms with Gasteiger partial charge in [0.1, 0.15) is 0 Å². The Morgan fingerprint density at radius 2 is 1.67 bits per heavy atom. The largest absolute Gasteiger partial charge is 0.332 e. The van der Waals surface area contributed by atoms with Crippen molar-refractivity contribution in [2.24, 2.45) is 0 Å². The van der Waals surface area contributed by atoms with Crippen molar-refractivity contribution in [3.63, 3.8) is 0 Å². The first kappa shape index (κ1) is 21.6. The summed E-state index contributed by atoms with van der Waals surface area (Å²) >= 11 is 10.9. The summed E-state index contributed by atoms with van der Waals surface area (Å²) in [6.07, 6.45) is 0. The minimum Gasteiger partial charge on any atom is -0.332 e. The average molecular weight is 462 g/mol. The Morgan fingerprint density at radius 1 is 0.967 bits per heavy atom. The van der Waals surface area contributed by atoms with E-state index in [1.54, 1.807) is 36.4 Å². The van der Waals surface area contributed by atoms with E-state index in [9.17, 15) is 13.2 Å². The molecule has 3 N–H and O–H groups in total. The second-order valence-corrected chi connectivity index (χ2v) is 8.57. The zero-order chi connectivity index (χ0) is 21.7. The average Bonchev–Trinajstić information content (AvgIpc) is 2.70. The smallest absolute Gasteiger partial charge is 0.263 e. The first-order valence-electron chi connectivity index (χ1n) is 8.54. The van der Waals surface area contributed by atoms with Crippen LogP contribution in [0.15, 0.2) is 65.6 Å². The predicted molar refractivity (Wildman–Crippen MR) is 121 cm³/mol. The third kappa shape index (κ3) is 5.72. The number of carbonyl (C=O) groups is 1. The van der Waals surface area contributed by atoms with E-state index in [2.05, 4.69) is 25.6 Å². The Kier molecular flexibility index (Phi) is 6.60. The topological polar surface area (TPSA) is 113 Å². The lowest BCUT2D eigenvalue weighted by atomic mass is 10.1. The maximum atomic E-state index is 12.5. The molecular weight excluding hydrogens is 446 g/mol. The molecule has 11 heteroatoms. The molecule has 0 fully saturated rings. The molecule has 3 rings (SSSR count). The molecule has 3 aromatic rings. The number of anilines is 3. The van der Waals surface area contributed by atoms with Gasteiger partial charge in [0.05, 0.1) is 4.90 Å². The Morgan fingerprint density at radius 3 is 2.30 bits per heavy atom. The first-order valence-corrected chi connectivity index (χ1v) is 10.8. The number of hydrogen-bond donors (Lipinski definition) is 3. The summed E-state index contributed by atoms with van der Waals surface area (Å²) in [5, 5.41) is 13.7. The summed E-state index contributed by atoms with van der Waals surface area (Å²) < 4.78 is 27.2. The van der Waals surface area contributed by atoms with Gasteiger partial charge in [-0.05, 0) is 67.7 Å². The van der Waals surface area contributed by atoms with Crippen LogP contribution in [0.4, 0.5) is 17.2 Å². The van der Waals surface area contributed by atoms with Crippen LogP contribution >= 0.6 is 23.8 Å². The van der Waals surface area contributed by atoms with E-state index in [1.165, 1.54) is 31.2 Å². The van der Waals surface area contributed by atoms with Crippen molar-refractivity contribution in [2.45, 2.75) is 11.8 Å². The fourth-order valence-corrected chi connectivity index (χ4v) is 3.73. The third-order valence-electron chi connectivity index (χ3n) is 3.82. The third-order valence-corrected chi connectivity index (χ3v) is 5.60. The number of sulfonamides is 1. The van der Waals surface area contributed by atoms with E-state index in [1.807, 2.05) is 0 Å². The van der Waals surface area contributed by atoms with Gasteiger partial charge in [0.15, 0.2) is 21.9 Å². The Balaban J connectivity index is 1.65. The van der Waals surface area contributed by atoms with Crippen molar-refractivity contribution in [2.75, 3.05) is 15.4 Å². The minimum atomic E-state index is -3.84. The lowest BCUT2D eigenvalue weighted by Gasteiger charge is -2.12. The van der Waals surface area contributed by atoms with Crippen LogP contribution in [0, 0.1) is 0 Å². The van der Waals surface area contributed by atoms with Crippen LogP contribution in [-0.4, -0.2) is 29.5 Å². The van der Waals surface area contributed by atoms with Gasteiger partial charge in [-0.3, -0.25) is 9.52 Å². The standard InChI is InChI=1S/C19H16ClN5O3S2/c1-12(26)13-3-2-4-15(11-13)22-19(29)21-14-5-7-16(8-6-14)30(27,28)25-18-10-9-17(20)23-24-18/h2-11H,1H3,(H,24,25)(H2,21,22,29). The maximum absolute atomic E-state index is 12.5. The Hall–Kier alpha value is -3.08. The predicted octanol–water partition coefficient (Wildman–Crippen LogP) is 3.94. The number of Topliss-reactive ketones (excluding diaryl/α,β-unsaturated/α-hetero) is 1.